The summed E-state index contributed by atoms with van der Waals surface area (Å²) in [5.74, 6) is -0.773. The number of rotatable bonds is 3. The summed E-state index contributed by atoms with van der Waals surface area (Å²) in [5.41, 5.74) is 0.811. The van der Waals surface area contributed by atoms with Crippen LogP contribution in [0.5, 0.6) is 17.2 Å². The molecule has 0 atom stereocenters. The molecule has 0 aromatic heterocycles. The molecule has 142 valence electrons. The van der Waals surface area contributed by atoms with Gasteiger partial charge < -0.3 is 19.7 Å². The molecule has 2 N–H and O–H groups in total. The first-order valence-electron chi connectivity index (χ1n) is 8.18. The second-order valence-corrected chi connectivity index (χ2v) is 7.60. The van der Waals surface area contributed by atoms with Gasteiger partial charge in [-0.2, -0.15) is 0 Å². The van der Waals surface area contributed by atoms with Gasteiger partial charge in [0.2, 0.25) is 0 Å². The number of carbonyl (C=O) groups is 2. The Morgan fingerprint density at radius 1 is 1.14 bits per heavy atom. The molecule has 0 spiro atoms. The molecule has 2 aliphatic heterocycles. The zero-order chi connectivity index (χ0) is 19.8. The SMILES string of the molecule is O=C(O)c1ccc(N2C(=O)/C(=C/c3ccc4c(c3)OCCO4)SC2=S)cc1O. The maximum atomic E-state index is 12.8. The fourth-order valence-electron chi connectivity index (χ4n) is 2.83. The van der Waals surface area contributed by atoms with Crippen molar-refractivity contribution < 1.29 is 29.3 Å². The molecule has 2 aromatic rings. The highest BCUT2D eigenvalue weighted by atomic mass is 32.2. The molecule has 7 nitrogen and oxygen atoms in total. The van der Waals surface area contributed by atoms with Gasteiger partial charge in [-0.1, -0.05) is 30.0 Å². The van der Waals surface area contributed by atoms with Crippen LogP contribution in [0, 0.1) is 0 Å². The highest BCUT2D eigenvalue weighted by Crippen LogP contribution is 2.38. The lowest BCUT2D eigenvalue weighted by atomic mass is 10.1. The van der Waals surface area contributed by atoms with Gasteiger partial charge in [0.15, 0.2) is 15.8 Å². The standard InChI is InChI=1S/C19H13NO6S2/c21-13-9-11(2-3-12(13)18(23)24)20-17(22)16(28-19(20)27)8-10-1-4-14-15(7-10)26-6-5-25-14/h1-4,7-9,21H,5-6H2,(H,23,24)/b16-8-. The number of anilines is 1. The molecular weight excluding hydrogens is 402 g/mol. The second-order valence-electron chi connectivity index (χ2n) is 5.93. The normalized spacial score (nSPS) is 17.3. The Morgan fingerprint density at radius 3 is 2.61 bits per heavy atom. The summed E-state index contributed by atoms with van der Waals surface area (Å²) in [6.07, 6.45) is 1.70. The van der Waals surface area contributed by atoms with E-state index in [-0.39, 0.29) is 15.8 Å². The fraction of sp³-hybridized carbons (Fsp3) is 0.105. The number of benzene rings is 2. The molecule has 1 fully saturated rings. The zero-order valence-corrected chi connectivity index (χ0v) is 15.9. The molecular formula is C19H13NO6S2. The molecule has 2 heterocycles. The van der Waals surface area contributed by atoms with Crippen molar-refractivity contribution >= 4 is 51.9 Å². The largest absolute Gasteiger partial charge is 0.507 e. The van der Waals surface area contributed by atoms with Gasteiger partial charge in [-0.25, -0.2) is 4.79 Å². The summed E-state index contributed by atoms with van der Waals surface area (Å²) in [7, 11) is 0. The Kier molecular flexibility index (Phi) is 4.70. The van der Waals surface area contributed by atoms with Gasteiger partial charge in [-0.15, -0.1) is 0 Å². The molecule has 0 saturated carbocycles. The van der Waals surface area contributed by atoms with Crippen LogP contribution >= 0.6 is 24.0 Å². The van der Waals surface area contributed by atoms with E-state index < -0.39 is 11.7 Å². The second kappa shape index (κ2) is 7.17. The molecule has 0 radical (unpaired) electrons. The molecule has 0 bridgehead atoms. The van der Waals surface area contributed by atoms with Crippen LogP contribution in [0.25, 0.3) is 6.08 Å². The van der Waals surface area contributed by atoms with Gasteiger partial charge in [0.1, 0.15) is 24.5 Å². The lowest BCUT2D eigenvalue weighted by molar-refractivity contribution is -0.113. The predicted molar refractivity (Wildman–Crippen MR) is 108 cm³/mol. The predicted octanol–water partition coefficient (Wildman–Crippen LogP) is 3.27. The van der Waals surface area contributed by atoms with E-state index in [0.717, 1.165) is 17.3 Å². The molecule has 0 unspecified atom stereocenters. The van der Waals surface area contributed by atoms with Gasteiger partial charge in [-0.05, 0) is 35.9 Å². The summed E-state index contributed by atoms with van der Waals surface area (Å²) in [4.78, 5) is 25.5. The van der Waals surface area contributed by atoms with E-state index in [4.69, 9.17) is 26.8 Å². The maximum Gasteiger partial charge on any atom is 0.339 e. The van der Waals surface area contributed by atoms with Crippen molar-refractivity contribution in [3.63, 3.8) is 0 Å². The number of amides is 1. The van der Waals surface area contributed by atoms with Crippen LogP contribution < -0.4 is 14.4 Å². The third-order valence-electron chi connectivity index (χ3n) is 4.13. The average molecular weight is 415 g/mol. The molecule has 28 heavy (non-hydrogen) atoms. The van der Waals surface area contributed by atoms with Crippen LogP contribution in [0.1, 0.15) is 15.9 Å². The third-order valence-corrected chi connectivity index (χ3v) is 5.43. The number of aromatic carboxylic acids is 1. The summed E-state index contributed by atoms with van der Waals surface area (Å²) in [5, 5.41) is 18.9. The Bertz CT molecular complexity index is 1050. The van der Waals surface area contributed by atoms with Crippen LogP contribution in [0.15, 0.2) is 41.3 Å². The Balaban J connectivity index is 1.63. The first-order valence-corrected chi connectivity index (χ1v) is 9.40. The van der Waals surface area contributed by atoms with Gasteiger partial charge >= 0.3 is 5.97 Å². The number of carboxylic acids is 1. The lowest BCUT2D eigenvalue weighted by Crippen LogP contribution is -2.27. The van der Waals surface area contributed by atoms with E-state index in [0.29, 0.717) is 35.3 Å². The third kappa shape index (κ3) is 3.30. The van der Waals surface area contributed by atoms with E-state index in [1.54, 1.807) is 18.2 Å². The van der Waals surface area contributed by atoms with Crippen molar-refractivity contribution in [2.75, 3.05) is 18.1 Å². The molecule has 2 aliphatic rings. The Hall–Kier alpha value is -3.04. The Labute approximate surface area is 169 Å². The number of thiocarbonyl (C=S) groups is 1. The fourth-order valence-corrected chi connectivity index (χ4v) is 4.13. The van der Waals surface area contributed by atoms with Crippen LogP contribution in [0.3, 0.4) is 0 Å². The Morgan fingerprint density at radius 2 is 1.89 bits per heavy atom. The van der Waals surface area contributed by atoms with Crippen molar-refractivity contribution in [1.82, 2.24) is 0 Å². The van der Waals surface area contributed by atoms with E-state index in [1.807, 2.05) is 6.07 Å². The first kappa shape index (κ1) is 18.3. The highest BCUT2D eigenvalue weighted by Gasteiger charge is 2.34. The number of carboxylic acid groups (broad SMARTS) is 1. The van der Waals surface area contributed by atoms with E-state index >= 15 is 0 Å². The van der Waals surface area contributed by atoms with Crippen molar-refractivity contribution in [3.8, 4) is 17.2 Å². The minimum absolute atomic E-state index is 0.249. The number of nitrogens with zero attached hydrogens (tertiary/aromatic N) is 1. The quantitative estimate of drug-likeness (QED) is 0.583. The lowest BCUT2D eigenvalue weighted by Gasteiger charge is -2.18. The molecule has 1 amide bonds. The first-order chi connectivity index (χ1) is 13.4. The monoisotopic (exact) mass is 415 g/mol. The number of hydrogen-bond acceptors (Lipinski definition) is 7. The summed E-state index contributed by atoms with van der Waals surface area (Å²) in [6, 6.07) is 9.25. The van der Waals surface area contributed by atoms with Gasteiger partial charge in [0, 0.05) is 6.07 Å². The molecule has 0 aliphatic carbocycles. The number of fused-ring (bicyclic) bond motifs is 1. The topological polar surface area (TPSA) is 96.3 Å². The van der Waals surface area contributed by atoms with Crippen LogP contribution in [-0.4, -0.2) is 39.6 Å². The van der Waals surface area contributed by atoms with E-state index in [9.17, 15) is 14.7 Å². The van der Waals surface area contributed by atoms with Gasteiger partial charge in [0.05, 0.1) is 10.6 Å². The summed E-state index contributed by atoms with van der Waals surface area (Å²) >= 11 is 6.43. The van der Waals surface area contributed by atoms with Crippen molar-refractivity contribution in [1.29, 1.82) is 0 Å². The summed E-state index contributed by atoms with van der Waals surface area (Å²) in [6.45, 7) is 0.965. The number of phenols is 1. The van der Waals surface area contributed by atoms with Gasteiger partial charge in [0.25, 0.3) is 5.91 Å². The zero-order valence-electron chi connectivity index (χ0n) is 14.2. The number of thioether (sulfide) groups is 1. The van der Waals surface area contributed by atoms with E-state index in [2.05, 4.69) is 0 Å². The van der Waals surface area contributed by atoms with Gasteiger partial charge in [-0.3, -0.25) is 9.69 Å². The van der Waals surface area contributed by atoms with Crippen molar-refractivity contribution in [3.05, 3.63) is 52.4 Å². The molecule has 1 saturated heterocycles. The smallest absolute Gasteiger partial charge is 0.339 e. The highest BCUT2D eigenvalue weighted by molar-refractivity contribution is 8.27. The number of carbonyl (C=O) groups excluding carboxylic acids is 1. The number of hydrogen-bond donors (Lipinski definition) is 2. The van der Waals surface area contributed by atoms with Crippen molar-refractivity contribution in [2.24, 2.45) is 0 Å². The molecule has 9 heteroatoms. The average Bonchev–Trinajstić information content (AvgIpc) is 2.94. The molecule has 4 rings (SSSR count). The minimum Gasteiger partial charge on any atom is -0.507 e. The van der Waals surface area contributed by atoms with Crippen LogP contribution in [0.2, 0.25) is 0 Å². The van der Waals surface area contributed by atoms with E-state index in [1.165, 1.54) is 23.1 Å². The van der Waals surface area contributed by atoms with Crippen molar-refractivity contribution in [2.45, 2.75) is 0 Å². The number of aromatic hydroxyl groups is 1. The molecule has 2 aromatic carbocycles. The summed E-state index contributed by atoms with van der Waals surface area (Å²) < 4.78 is 11.3. The number of ether oxygens (including phenoxy) is 2. The maximum absolute atomic E-state index is 12.8. The van der Waals surface area contributed by atoms with Crippen LogP contribution in [0.4, 0.5) is 5.69 Å². The van der Waals surface area contributed by atoms with Crippen LogP contribution in [-0.2, 0) is 4.79 Å². The minimum atomic E-state index is -1.26.